The minimum absolute atomic E-state index is 0.798. The number of fused-ring (bicyclic) bond motifs is 2. The van der Waals surface area contributed by atoms with Gasteiger partial charge in [-0.1, -0.05) is 6.92 Å². The Kier molecular flexibility index (Phi) is 4.18. The minimum Gasteiger partial charge on any atom is -0.337 e. The number of aryl methyl sites for hydroxylation is 1. The van der Waals surface area contributed by atoms with Gasteiger partial charge in [0.25, 0.3) is 0 Å². The number of nitrogens with zero attached hydrogens (tertiary/aromatic N) is 3. The second-order valence-corrected chi connectivity index (χ2v) is 6.05. The smallest absolute Gasteiger partial charge is 0.0945 e. The van der Waals surface area contributed by atoms with Crippen LogP contribution >= 0.6 is 0 Å². The molecule has 0 aliphatic carbocycles. The van der Waals surface area contributed by atoms with E-state index in [9.17, 15) is 0 Å². The van der Waals surface area contributed by atoms with Gasteiger partial charge in [-0.15, -0.1) is 0 Å². The summed E-state index contributed by atoms with van der Waals surface area (Å²) in [5.74, 6) is 0. The van der Waals surface area contributed by atoms with Gasteiger partial charge in [-0.25, -0.2) is 4.98 Å². The van der Waals surface area contributed by atoms with Gasteiger partial charge in [0, 0.05) is 43.6 Å². The lowest BCUT2D eigenvalue weighted by Gasteiger charge is -2.37. The van der Waals surface area contributed by atoms with Gasteiger partial charge in [0.05, 0.1) is 6.33 Å². The van der Waals surface area contributed by atoms with Gasteiger partial charge < -0.3 is 14.8 Å². The van der Waals surface area contributed by atoms with Crippen LogP contribution in [0.5, 0.6) is 0 Å². The second-order valence-electron chi connectivity index (χ2n) is 6.05. The lowest BCUT2D eigenvalue weighted by molar-refractivity contribution is 0.144. The molecule has 1 aromatic heterocycles. The minimum atomic E-state index is 0.798. The standard InChI is InChI=1S/C15H26N4/c1-2-19(8-3-7-18-9-6-16-12-18)15-10-13-4-5-14(11-15)17-13/h6,9,12-15,17H,2-5,7-8,10-11H2,1H3. The number of hydrogen-bond donors (Lipinski definition) is 1. The quantitative estimate of drug-likeness (QED) is 0.850. The molecule has 0 spiro atoms. The van der Waals surface area contributed by atoms with E-state index in [0.29, 0.717) is 0 Å². The molecule has 2 aliphatic rings. The highest BCUT2D eigenvalue weighted by molar-refractivity contribution is 4.95. The molecular weight excluding hydrogens is 236 g/mol. The van der Waals surface area contributed by atoms with Gasteiger partial charge in [-0.05, 0) is 38.6 Å². The molecule has 3 heterocycles. The van der Waals surface area contributed by atoms with Crippen LogP contribution < -0.4 is 5.32 Å². The summed E-state index contributed by atoms with van der Waals surface area (Å²) in [6.07, 6.45) is 12.6. The molecule has 4 heteroatoms. The van der Waals surface area contributed by atoms with Gasteiger partial charge in [0.2, 0.25) is 0 Å². The first-order valence-corrected chi connectivity index (χ1v) is 7.81. The van der Waals surface area contributed by atoms with Crippen molar-refractivity contribution in [2.45, 2.75) is 63.7 Å². The number of piperidine rings is 1. The van der Waals surface area contributed by atoms with Crippen LogP contribution in [0.25, 0.3) is 0 Å². The van der Waals surface area contributed by atoms with Crippen LogP contribution in [0.4, 0.5) is 0 Å². The van der Waals surface area contributed by atoms with E-state index in [-0.39, 0.29) is 0 Å². The summed E-state index contributed by atoms with van der Waals surface area (Å²) in [4.78, 5) is 6.80. The molecule has 1 aromatic rings. The third kappa shape index (κ3) is 3.18. The molecule has 2 bridgehead atoms. The number of hydrogen-bond acceptors (Lipinski definition) is 3. The molecule has 2 saturated heterocycles. The van der Waals surface area contributed by atoms with Crippen LogP contribution in [0.1, 0.15) is 39.0 Å². The van der Waals surface area contributed by atoms with Crippen LogP contribution in [0.15, 0.2) is 18.7 Å². The Morgan fingerprint density at radius 2 is 2.11 bits per heavy atom. The van der Waals surface area contributed by atoms with Crippen LogP contribution in [-0.2, 0) is 6.54 Å². The van der Waals surface area contributed by atoms with Crippen molar-refractivity contribution in [2.75, 3.05) is 13.1 Å². The summed E-state index contributed by atoms with van der Waals surface area (Å²) in [6, 6.07) is 2.41. The Labute approximate surface area is 116 Å². The monoisotopic (exact) mass is 262 g/mol. The third-order valence-electron chi connectivity index (χ3n) is 4.79. The molecule has 3 rings (SSSR count). The van der Waals surface area contributed by atoms with Crippen molar-refractivity contribution in [2.24, 2.45) is 0 Å². The van der Waals surface area contributed by atoms with Gasteiger partial charge >= 0.3 is 0 Å². The zero-order valence-corrected chi connectivity index (χ0v) is 12.0. The molecular formula is C15H26N4. The summed E-state index contributed by atoms with van der Waals surface area (Å²) in [5, 5.41) is 3.74. The largest absolute Gasteiger partial charge is 0.337 e. The van der Waals surface area contributed by atoms with E-state index in [4.69, 9.17) is 0 Å². The molecule has 0 amide bonds. The maximum atomic E-state index is 4.10. The Morgan fingerprint density at radius 1 is 1.32 bits per heavy atom. The summed E-state index contributed by atoms with van der Waals surface area (Å²) >= 11 is 0. The Bertz CT molecular complexity index is 364. The second kappa shape index (κ2) is 6.06. The van der Waals surface area contributed by atoms with E-state index < -0.39 is 0 Å². The normalized spacial score (nSPS) is 30.1. The highest BCUT2D eigenvalue weighted by Gasteiger charge is 2.35. The number of imidazole rings is 1. The fourth-order valence-electron chi connectivity index (χ4n) is 3.80. The van der Waals surface area contributed by atoms with Crippen LogP contribution in [0, 0.1) is 0 Å². The Balaban J connectivity index is 1.47. The van der Waals surface area contributed by atoms with Crippen LogP contribution in [0.2, 0.25) is 0 Å². The summed E-state index contributed by atoms with van der Waals surface area (Å²) < 4.78 is 2.18. The molecule has 2 fully saturated rings. The highest BCUT2D eigenvalue weighted by Crippen LogP contribution is 2.29. The number of rotatable bonds is 6. The highest BCUT2D eigenvalue weighted by atomic mass is 15.2. The SMILES string of the molecule is CCN(CCCn1ccnc1)C1CC2CCC(C1)N2. The van der Waals surface area contributed by atoms with Gasteiger partial charge in [-0.3, -0.25) is 0 Å². The molecule has 2 atom stereocenters. The van der Waals surface area contributed by atoms with Gasteiger partial charge in [-0.2, -0.15) is 0 Å². The first-order chi connectivity index (χ1) is 9.35. The molecule has 106 valence electrons. The molecule has 0 aromatic carbocycles. The first-order valence-electron chi connectivity index (χ1n) is 7.81. The third-order valence-corrected chi connectivity index (χ3v) is 4.79. The average molecular weight is 262 g/mol. The molecule has 0 saturated carbocycles. The van der Waals surface area contributed by atoms with Crippen molar-refractivity contribution in [1.29, 1.82) is 0 Å². The lowest BCUT2D eigenvalue weighted by Crippen LogP contribution is -2.48. The fourth-order valence-corrected chi connectivity index (χ4v) is 3.80. The van der Waals surface area contributed by atoms with E-state index in [1.165, 1.54) is 45.2 Å². The zero-order valence-electron chi connectivity index (χ0n) is 12.0. The maximum absolute atomic E-state index is 4.10. The van der Waals surface area contributed by atoms with Crippen molar-refractivity contribution in [1.82, 2.24) is 19.8 Å². The van der Waals surface area contributed by atoms with E-state index in [2.05, 4.69) is 32.9 Å². The van der Waals surface area contributed by atoms with Gasteiger partial charge in [0.15, 0.2) is 0 Å². The van der Waals surface area contributed by atoms with Crippen LogP contribution in [-0.4, -0.2) is 45.7 Å². The van der Waals surface area contributed by atoms with Crippen molar-refractivity contribution >= 4 is 0 Å². The molecule has 2 unspecified atom stereocenters. The fraction of sp³-hybridized carbons (Fsp3) is 0.800. The summed E-state index contributed by atoms with van der Waals surface area (Å²) in [5.41, 5.74) is 0. The lowest BCUT2D eigenvalue weighted by atomic mass is 9.98. The first kappa shape index (κ1) is 13.1. The molecule has 0 radical (unpaired) electrons. The summed E-state index contributed by atoms with van der Waals surface area (Å²) in [6.45, 7) is 5.81. The van der Waals surface area contributed by atoms with Crippen molar-refractivity contribution in [3.05, 3.63) is 18.7 Å². The van der Waals surface area contributed by atoms with E-state index in [1.807, 2.05) is 12.5 Å². The summed E-state index contributed by atoms with van der Waals surface area (Å²) in [7, 11) is 0. The van der Waals surface area contributed by atoms with Crippen molar-refractivity contribution < 1.29 is 0 Å². The molecule has 19 heavy (non-hydrogen) atoms. The molecule has 2 aliphatic heterocycles. The molecule has 1 N–H and O–H groups in total. The zero-order chi connectivity index (χ0) is 13.1. The van der Waals surface area contributed by atoms with Gasteiger partial charge in [0.1, 0.15) is 0 Å². The van der Waals surface area contributed by atoms with Crippen molar-refractivity contribution in [3.63, 3.8) is 0 Å². The molecule has 4 nitrogen and oxygen atoms in total. The number of aromatic nitrogens is 2. The predicted molar refractivity (Wildman–Crippen MR) is 77.1 cm³/mol. The number of nitrogens with one attached hydrogen (secondary N) is 1. The van der Waals surface area contributed by atoms with Crippen molar-refractivity contribution in [3.8, 4) is 0 Å². The van der Waals surface area contributed by atoms with E-state index in [1.54, 1.807) is 0 Å². The van der Waals surface area contributed by atoms with E-state index >= 15 is 0 Å². The maximum Gasteiger partial charge on any atom is 0.0945 e. The van der Waals surface area contributed by atoms with Crippen LogP contribution in [0.3, 0.4) is 0 Å². The topological polar surface area (TPSA) is 33.1 Å². The van der Waals surface area contributed by atoms with E-state index in [0.717, 1.165) is 24.7 Å². The Hall–Kier alpha value is -0.870. The average Bonchev–Trinajstić information content (AvgIpc) is 3.05. The Morgan fingerprint density at radius 3 is 2.74 bits per heavy atom. The predicted octanol–water partition coefficient (Wildman–Crippen LogP) is 1.88.